The molecule has 0 saturated heterocycles. The molecule has 0 bridgehead atoms. The molecule has 0 saturated carbocycles. The molecule has 1 atom stereocenters. The number of rotatable bonds is 8. The fraction of sp³-hybridized carbons (Fsp3) is 0.167. The predicted octanol–water partition coefficient (Wildman–Crippen LogP) is 3.69. The van der Waals surface area contributed by atoms with Crippen LogP contribution in [0.1, 0.15) is 11.1 Å². The van der Waals surface area contributed by atoms with E-state index in [0.717, 1.165) is 16.8 Å². The van der Waals surface area contributed by atoms with E-state index < -0.39 is 12.1 Å². The number of ether oxygens (including phenoxy) is 1. The summed E-state index contributed by atoms with van der Waals surface area (Å²) >= 11 is 0. The van der Waals surface area contributed by atoms with Crippen molar-refractivity contribution in [3.8, 4) is 0 Å². The van der Waals surface area contributed by atoms with Crippen LogP contribution in [0.2, 0.25) is 0 Å². The Labute approximate surface area is 176 Å². The summed E-state index contributed by atoms with van der Waals surface area (Å²) in [7, 11) is 1.75. The van der Waals surface area contributed by atoms with Crippen molar-refractivity contribution in [1.82, 2.24) is 10.7 Å². The molecule has 3 aromatic carbocycles. The van der Waals surface area contributed by atoms with Crippen LogP contribution in [0.3, 0.4) is 0 Å². The Balaban J connectivity index is 1.64. The minimum absolute atomic E-state index is 0.135. The highest BCUT2D eigenvalue weighted by Gasteiger charge is 2.23. The lowest BCUT2D eigenvalue weighted by molar-refractivity contribution is -0.123. The molecule has 3 rings (SSSR count). The SMILES string of the molecule is CN(NC(=O)[C@H](Cc1ccccc1)NC(=O)OCc1ccccc1)c1ccccc1. The van der Waals surface area contributed by atoms with Gasteiger partial charge in [-0.05, 0) is 23.3 Å². The van der Waals surface area contributed by atoms with Gasteiger partial charge in [-0.2, -0.15) is 0 Å². The van der Waals surface area contributed by atoms with Crippen LogP contribution >= 0.6 is 0 Å². The van der Waals surface area contributed by atoms with E-state index in [1.165, 1.54) is 0 Å². The van der Waals surface area contributed by atoms with Crippen molar-refractivity contribution >= 4 is 17.7 Å². The Kier molecular flexibility index (Phi) is 7.44. The van der Waals surface area contributed by atoms with Gasteiger partial charge in [-0.1, -0.05) is 78.9 Å². The number of nitrogens with one attached hydrogen (secondary N) is 2. The number of nitrogens with zero attached hydrogens (tertiary/aromatic N) is 1. The summed E-state index contributed by atoms with van der Waals surface area (Å²) in [6, 6.07) is 27.6. The van der Waals surface area contributed by atoms with E-state index in [0.29, 0.717) is 6.42 Å². The third-order valence-electron chi connectivity index (χ3n) is 4.53. The number of carbonyl (C=O) groups is 2. The van der Waals surface area contributed by atoms with E-state index in [9.17, 15) is 9.59 Å². The number of hydrogen-bond donors (Lipinski definition) is 2. The maximum absolute atomic E-state index is 12.9. The zero-order valence-corrected chi connectivity index (χ0v) is 16.8. The first kappa shape index (κ1) is 20.9. The highest BCUT2D eigenvalue weighted by atomic mass is 16.5. The zero-order chi connectivity index (χ0) is 21.2. The van der Waals surface area contributed by atoms with Crippen LogP contribution in [0.15, 0.2) is 91.0 Å². The second-order valence-electron chi connectivity index (χ2n) is 6.82. The Morgan fingerprint density at radius 2 is 1.37 bits per heavy atom. The number of hydrogen-bond acceptors (Lipinski definition) is 4. The molecule has 0 fully saturated rings. The third kappa shape index (κ3) is 6.38. The molecule has 6 heteroatoms. The summed E-state index contributed by atoms with van der Waals surface area (Å²) in [4.78, 5) is 25.3. The van der Waals surface area contributed by atoms with Gasteiger partial charge in [0.2, 0.25) is 0 Å². The topological polar surface area (TPSA) is 70.7 Å². The molecule has 30 heavy (non-hydrogen) atoms. The highest BCUT2D eigenvalue weighted by molar-refractivity contribution is 5.87. The summed E-state index contributed by atoms with van der Waals surface area (Å²) in [6.07, 6.45) is -0.298. The summed E-state index contributed by atoms with van der Waals surface area (Å²) in [5.74, 6) is -0.332. The van der Waals surface area contributed by atoms with Crippen molar-refractivity contribution in [3.63, 3.8) is 0 Å². The average Bonchev–Trinajstić information content (AvgIpc) is 2.79. The van der Waals surface area contributed by atoms with Gasteiger partial charge in [-0.15, -0.1) is 0 Å². The lowest BCUT2D eigenvalue weighted by Crippen LogP contribution is -2.52. The van der Waals surface area contributed by atoms with E-state index >= 15 is 0 Å². The molecular weight excluding hydrogens is 378 g/mol. The second-order valence-corrected chi connectivity index (χ2v) is 6.82. The molecule has 0 aromatic heterocycles. The van der Waals surface area contributed by atoms with Gasteiger partial charge in [0.05, 0.1) is 5.69 Å². The van der Waals surface area contributed by atoms with Gasteiger partial charge in [0.25, 0.3) is 5.91 Å². The molecule has 0 aliphatic carbocycles. The molecule has 0 spiro atoms. The lowest BCUT2D eigenvalue weighted by Gasteiger charge is -2.24. The fourth-order valence-electron chi connectivity index (χ4n) is 2.93. The van der Waals surface area contributed by atoms with E-state index in [2.05, 4.69) is 10.7 Å². The number of benzene rings is 3. The quantitative estimate of drug-likeness (QED) is 0.563. The van der Waals surface area contributed by atoms with E-state index in [4.69, 9.17) is 4.74 Å². The molecule has 2 amide bonds. The van der Waals surface area contributed by atoms with Crippen molar-refractivity contribution in [2.24, 2.45) is 0 Å². The molecule has 0 radical (unpaired) electrons. The Hall–Kier alpha value is -3.80. The molecule has 0 aliphatic heterocycles. The molecule has 0 heterocycles. The number of hydrazine groups is 1. The monoisotopic (exact) mass is 403 g/mol. The summed E-state index contributed by atoms with van der Waals surface area (Å²) in [5, 5.41) is 4.31. The molecule has 6 nitrogen and oxygen atoms in total. The third-order valence-corrected chi connectivity index (χ3v) is 4.53. The molecule has 0 unspecified atom stereocenters. The Bertz CT molecular complexity index is 934. The van der Waals surface area contributed by atoms with Crippen molar-refractivity contribution in [1.29, 1.82) is 0 Å². The Morgan fingerprint density at radius 3 is 1.97 bits per heavy atom. The van der Waals surface area contributed by atoms with Crippen LogP contribution in [0.25, 0.3) is 0 Å². The molecule has 2 N–H and O–H groups in total. The average molecular weight is 403 g/mol. The van der Waals surface area contributed by atoms with E-state index in [-0.39, 0.29) is 12.5 Å². The van der Waals surface area contributed by atoms with Crippen molar-refractivity contribution in [3.05, 3.63) is 102 Å². The fourth-order valence-corrected chi connectivity index (χ4v) is 2.93. The first-order chi connectivity index (χ1) is 14.6. The smallest absolute Gasteiger partial charge is 0.408 e. The predicted molar refractivity (Wildman–Crippen MR) is 117 cm³/mol. The number of para-hydroxylation sites is 1. The number of carbonyl (C=O) groups excluding carboxylic acids is 2. The standard InChI is InChI=1S/C24H25N3O3/c1-27(21-15-9-4-10-16-21)26-23(28)22(17-19-11-5-2-6-12-19)25-24(29)30-18-20-13-7-3-8-14-20/h2-16,22H,17-18H2,1H3,(H,25,29)(H,26,28)/t22-/m0/s1. The van der Waals surface area contributed by atoms with Crippen LogP contribution < -0.4 is 15.8 Å². The first-order valence-electron chi connectivity index (χ1n) is 9.72. The molecule has 154 valence electrons. The van der Waals surface area contributed by atoms with Gasteiger partial charge in [0.1, 0.15) is 12.6 Å². The molecular formula is C24H25N3O3. The van der Waals surface area contributed by atoms with Gasteiger partial charge < -0.3 is 10.1 Å². The van der Waals surface area contributed by atoms with Gasteiger partial charge in [-0.25, -0.2) is 4.79 Å². The van der Waals surface area contributed by atoms with Gasteiger partial charge in [0.15, 0.2) is 0 Å². The van der Waals surface area contributed by atoms with Gasteiger partial charge >= 0.3 is 6.09 Å². The first-order valence-corrected chi connectivity index (χ1v) is 9.72. The summed E-state index contributed by atoms with van der Waals surface area (Å²) < 4.78 is 5.29. The summed E-state index contributed by atoms with van der Waals surface area (Å²) in [6.45, 7) is 0.135. The van der Waals surface area contributed by atoms with Crippen LogP contribution in [-0.2, 0) is 22.6 Å². The van der Waals surface area contributed by atoms with Crippen LogP contribution in [0.5, 0.6) is 0 Å². The normalized spacial score (nSPS) is 11.2. The van der Waals surface area contributed by atoms with Crippen molar-refractivity contribution in [2.75, 3.05) is 12.1 Å². The molecule has 0 aliphatic rings. The summed E-state index contributed by atoms with van der Waals surface area (Å²) in [5.41, 5.74) is 5.46. The lowest BCUT2D eigenvalue weighted by atomic mass is 10.1. The zero-order valence-electron chi connectivity index (χ0n) is 16.8. The van der Waals surface area contributed by atoms with Gasteiger partial charge in [0, 0.05) is 13.5 Å². The minimum Gasteiger partial charge on any atom is -0.445 e. The number of anilines is 1. The second kappa shape index (κ2) is 10.7. The van der Waals surface area contributed by atoms with Gasteiger partial charge in [-0.3, -0.25) is 15.2 Å². The van der Waals surface area contributed by atoms with E-state index in [1.807, 2.05) is 91.0 Å². The van der Waals surface area contributed by atoms with Crippen LogP contribution in [-0.4, -0.2) is 25.1 Å². The molecule has 3 aromatic rings. The van der Waals surface area contributed by atoms with Crippen molar-refractivity contribution < 1.29 is 14.3 Å². The number of alkyl carbamates (subject to hydrolysis) is 1. The van der Waals surface area contributed by atoms with Crippen LogP contribution in [0, 0.1) is 0 Å². The van der Waals surface area contributed by atoms with Crippen LogP contribution in [0.4, 0.5) is 10.5 Å². The maximum Gasteiger partial charge on any atom is 0.408 e. The minimum atomic E-state index is -0.790. The largest absolute Gasteiger partial charge is 0.445 e. The maximum atomic E-state index is 12.9. The Morgan fingerprint density at radius 1 is 0.833 bits per heavy atom. The highest BCUT2D eigenvalue weighted by Crippen LogP contribution is 2.10. The van der Waals surface area contributed by atoms with E-state index in [1.54, 1.807) is 12.1 Å². The van der Waals surface area contributed by atoms with Crippen molar-refractivity contribution in [2.45, 2.75) is 19.1 Å². The number of amides is 2.